The van der Waals surface area contributed by atoms with Gasteiger partial charge in [0.2, 0.25) is 0 Å². The summed E-state index contributed by atoms with van der Waals surface area (Å²) in [5, 5.41) is 12.2. The molecule has 1 aromatic carbocycles. The van der Waals surface area contributed by atoms with Crippen LogP contribution in [0.3, 0.4) is 0 Å². The Labute approximate surface area is 114 Å². The fourth-order valence-electron chi connectivity index (χ4n) is 1.61. The lowest BCUT2D eigenvalue weighted by Crippen LogP contribution is -2.00. The number of thiophene rings is 1. The highest BCUT2D eigenvalue weighted by molar-refractivity contribution is 7.10. The van der Waals surface area contributed by atoms with Gasteiger partial charge in [-0.3, -0.25) is 0 Å². The molecule has 0 bridgehead atoms. The van der Waals surface area contributed by atoms with E-state index in [1.165, 1.54) is 23.5 Å². The molecule has 0 saturated carbocycles. The number of aliphatic hydroxyl groups is 1. The second-order valence-electron chi connectivity index (χ2n) is 3.84. The van der Waals surface area contributed by atoms with Crippen molar-refractivity contribution >= 4 is 22.9 Å². The fourth-order valence-corrected chi connectivity index (χ4v) is 2.70. The van der Waals surface area contributed by atoms with E-state index >= 15 is 0 Å². The molecule has 2 nitrogen and oxygen atoms in total. The molecule has 0 radical (unpaired) electrons. The van der Waals surface area contributed by atoms with Gasteiger partial charge in [0.05, 0.1) is 13.2 Å². The van der Waals surface area contributed by atoms with Crippen molar-refractivity contribution in [3.63, 3.8) is 0 Å². The van der Waals surface area contributed by atoms with Crippen LogP contribution in [0.5, 0.6) is 5.75 Å². The Morgan fingerprint density at radius 2 is 2.22 bits per heavy atom. The van der Waals surface area contributed by atoms with Gasteiger partial charge < -0.3 is 9.84 Å². The summed E-state index contributed by atoms with van der Waals surface area (Å²) in [6, 6.07) is 5.96. The zero-order valence-corrected chi connectivity index (χ0v) is 11.3. The highest BCUT2D eigenvalue weighted by atomic mass is 35.5. The van der Waals surface area contributed by atoms with Gasteiger partial charge in [-0.2, -0.15) is 0 Å². The zero-order chi connectivity index (χ0) is 13.1. The molecule has 1 aromatic heterocycles. The van der Waals surface area contributed by atoms with Crippen LogP contribution in [-0.2, 0) is 6.42 Å². The first-order valence-corrected chi connectivity index (χ1v) is 6.60. The third-order valence-electron chi connectivity index (χ3n) is 2.59. The molecule has 1 N–H and O–H groups in total. The summed E-state index contributed by atoms with van der Waals surface area (Å²) in [4.78, 5) is 0.798. The Morgan fingerprint density at radius 1 is 1.44 bits per heavy atom. The number of hydrogen-bond donors (Lipinski definition) is 1. The average Bonchev–Trinajstić information content (AvgIpc) is 2.81. The number of methoxy groups -OCH3 is 1. The maximum Gasteiger partial charge on any atom is 0.129 e. The fraction of sp³-hybridized carbons (Fsp3) is 0.231. The molecule has 2 rings (SSSR count). The molecule has 2 aromatic rings. The first kappa shape index (κ1) is 13.3. The van der Waals surface area contributed by atoms with Gasteiger partial charge in [-0.15, -0.1) is 11.3 Å². The summed E-state index contributed by atoms with van der Waals surface area (Å²) in [5.74, 6) is 0.343. The molecule has 1 heterocycles. The van der Waals surface area contributed by atoms with E-state index in [-0.39, 0.29) is 5.82 Å². The van der Waals surface area contributed by atoms with Gasteiger partial charge in [-0.25, -0.2) is 4.39 Å². The highest BCUT2D eigenvalue weighted by Gasteiger charge is 2.14. The molecule has 1 unspecified atom stereocenters. The maximum absolute atomic E-state index is 12.9. The van der Waals surface area contributed by atoms with E-state index in [1.807, 2.05) is 5.38 Å². The Morgan fingerprint density at radius 3 is 2.83 bits per heavy atom. The van der Waals surface area contributed by atoms with Gasteiger partial charge >= 0.3 is 0 Å². The van der Waals surface area contributed by atoms with Crippen LogP contribution in [0, 0.1) is 5.82 Å². The molecule has 0 spiro atoms. The summed E-state index contributed by atoms with van der Waals surface area (Å²) in [5.41, 5.74) is 0.720. The maximum atomic E-state index is 12.9. The van der Waals surface area contributed by atoms with Crippen molar-refractivity contribution in [3.8, 4) is 5.75 Å². The van der Waals surface area contributed by atoms with E-state index in [1.54, 1.807) is 19.2 Å². The van der Waals surface area contributed by atoms with Crippen molar-refractivity contribution in [3.05, 3.63) is 50.9 Å². The van der Waals surface area contributed by atoms with Gasteiger partial charge in [0.15, 0.2) is 0 Å². The number of benzene rings is 1. The summed E-state index contributed by atoms with van der Waals surface area (Å²) in [7, 11) is 1.58. The smallest absolute Gasteiger partial charge is 0.129 e. The molecule has 0 saturated heterocycles. The minimum absolute atomic E-state index is 0.331. The Kier molecular flexibility index (Phi) is 4.22. The molecule has 96 valence electrons. The molecule has 1 atom stereocenters. The highest BCUT2D eigenvalue weighted by Crippen LogP contribution is 2.30. The normalized spacial score (nSPS) is 12.4. The molecule has 0 aliphatic carbocycles. The Balaban J connectivity index is 2.13. The lowest BCUT2D eigenvalue weighted by molar-refractivity contribution is 0.182. The van der Waals surface area contributed by atoms with Crippen molar-refractivity contribution in [2.45, 2.75) is 12.5 Å². The van der Waals surface area contributed by atoms with E-state index in [0.717, 1.165) is 16.2 Å². The summed E-state index contributed by atoms with van der Waals surface area (Å²) < 4.78 is 18.0. The molecule has 18 heavy (non-hydrogen) atoms. The van der Waals surface area contributed by atoms with E-state index in [0.29, 0.717) is 11.4 Å². The second-order valence-corrected chi connectivity index (χ2v) is 5.19. The van der Waals surface area contributed by atoms with Gasteiger partial charge in [0.25, 0.3) is 0 Å². The minimum atomic E-state index is -0.665. The standard InChI is InChI=1S/C13H12ClFO2S/c1-17-10-6-13(18-7-10)12(16)4-8-2-3-9(15)5-11(8)14/h2-3,5-7,12,16H,4H2,1H3. The number of aliphatic hydroxyl groups excluding tert-OH is 1. The largest absolute Gasteiger partial charge is 0.496 e. The zero-order valence-electron chi connectivity index (χ0n) is 9.69. The van der Waals surface area contributed by atoms with E-state index in [4.69, 9.17) is 16.3 Å². The first-order chi connectivity index (χ1) is 8.60. The monoisotopic (exact) mass is 286 g/mol. The van der Waals surface area contributed by atoms with Crippen molar-refractivity contribution in [1.82, 2.24) is 0 Å². The molecule has 0 amide bonds. The van der Waals surface area contributed by atoms with Crippen LogP contribution in [0.25, 0.3) is 0 Å². The van der Waals surface area contributed by atoms with Crippen molar-refractivity contribution in [1.29, 1.82) is 0 Å². The van der Waals surface area contributed by atoms with Crippen LogP contribution in [0.2, 0.25) is 5.02 Å². The SMILES string of the molecule is COc1csc(C(O)Cc2ccc(F)cc2Cl)c1. The third-order valence-corrected chi connectivity index (χ3v) is 3.95. The topological polar surface area (TPSA) is 29.5 Å². The molecule has 0 aliphatic rings. The number of ether oxygens (including phenoxy) is 1. The second kappa shape index (κ2) is 5.69. The van der Waals surface area contributed by atoms with Crippen molar-refractivity contribution in [2.24, 2.45) is 0 Å². The minimum Gasteiger partial charge on any atom is -0.496 e. The Bertz CT molecular complexity index is 542. The van der Waals surface area contributed by atoms with Gasteiger partial charge in [0, 0.05) is 21.7 Å². The van der Waals surface area contributed by atoms with Crippen LogP contribution >= 0.6 is 22.9 Å². The van der Waals surface area contributed by atoms with E-state index < -0.39 is 6.10 Å². The van der Waals surface area contributed by atoms with Crippen molar-refractivity contribution in [2.75, 3.05) is 7.11 Å². The summed E-state index contributed by atoms with van der Waals surface area (Å²) in [6.07, 6.45) is -0.315. The van der Waals surface area contributed by atoms with Crippen LogP contribution < -0.4 is 4.74 Å². The van der Waals surface area contributed by atoms with E-state index in [9.17, 15) is 9.50 Å². The molecule has 0 aliphatic heterocycles. The summed E-state index contributed by atoms with van der Waals surface area (Å²) >= 11 is 7.34. The molecular weight excluding hydrogens is 275 g/mol. The lowest BCUT2D eigenvalue weighted by Gasteiger charge is -2.10. The van der Waals surface area contributed by atoms with Gasteiger partial charge in [0.1, 0.15) is 11.6 Å². The average molecular weight is 287 g/mol. The molecule has 5 heteroatoms. The predicted octanol–water partition coefficient (Wildman–Crippen LogP) is 3.83. The summed E-state index contributed by atoms with van der Waals surface area (Å²) in [6.45, 7) is 0. The molecular formula is C13H12ClFO2S. The molecule has 0 fully saturated rings. The third kappa shape index (κ3) is 3.02. The van der Waals surface area contributed by atoms with Crippen LogP contribution in [0.15, 0.2) is 29.6 Å². The van der Waals surface area contributed by atoms with Crippen LogP contribution in [0.4, 0.5) is 4.39 Å². The van der Waals surface area contributed by atoms with Crippen molar-refractivity contribution < 1.29 is 14.2 Å². The predicted molar refractivity (Wildman–Crippen MR) is 70.9 cm³/mol. The van der Waals surface area contributed by atoms with Crippen LogP contribution in [0.1, 0.15) is 16.5 Å². The Hall–Kier alpha value is -1.10. The lowest BCUT2D eigenvalue weighted by atomic mass is 10.1. The first-order valence-electron chi connectivity index (χ1n) is 5.34. The van der Waals surface area contributed by atoms with E-state index in [2.05, 4.69) is 0 Å². The number of rotatable bonds is 4. The number of hydrogen-bond acceptors (Lipinski definition) is 3. The number of halogens is 2. The van der Waals surface area contributed by atoms with Gasteiger partial charge in [-0.1, -0.05) is 17.7 Å². The van der Waals surface area contributed by atoms with Crippen LogP contribution in [-0.4, -0.2) is 12.2 Å². The quantitative estimate of drug-likeness (QED) is 0.926. The van der Waals surface area contributed by atoms with Gasteiger partial charge in [-0.05, 0) is 23.8 Å².